The van der Waals surface area contributed by atoms with E-state index in [1.54, 1.807) is 0 Å². The molecule has 0 spiro atoms. The first-order valence-corrected chi connectivity index (χ1v) is 2.10. The van der Waals surface area contributed by atoms with E-state index < -0.39 is 10.4 Å². The molecule has 6 heteroatoms. The van der Waals surface area contributed by atoms with Gasteiger partial charge >= 0.3 is 10.4 Å². The zero-order chi connectivity index (χ0) is 4.50. The van der Waals surface area contributed by atoms with Crippen LogP contribution in [0, 0.1) is 0 Å². The molecule has 0 rings (SSSR count). The molecule has 0 aromatic rings. The normalized spacial score (nSPS) is 9.67. The van der Waals surface area contributed by atoms with E-state index in [0.717, 1.165) is 0 Å². The van der Waals surface area contributed by atoms with Gasteiger partial charge in [0, 0.05) is 20.1 Å². The minimum atomic E-state index is -4.67. The fourth-order valence-electron chi connectivity index (χ4n) is 0. The summed E-state index contributed by atoms with van der Waals surface area (Å²) in [5.74, 6) is 0. The summed E-state index contributed by atoms with van der Waals surface area (Å²) in [6.07, 6.45) is 0. The van der Waals surface area contributed by atoms with Gasteiger partial charge in [-0.1, -0.05) is 0 Å². The van der Waals surface area contributed by atoms with Crippen LogP contribution in [0.5, 0.6) is 0 Å². The Hall–Kier alpha value is 0.519. The minimum Gasteiger partial charge on any atom is -0.264 e. The molecule has 0 unspecified atom stereocenters. The van der Waals surface area contributed by atoms with Crippen molar-refractivity contribution in [3.05, 3.63) is 0 Å². The molecule has 0 bridgehead atoms. The van der Waals surface area contributed by atoms with Gasteiger partial charge in [-0.2, -0.15) is 8.42 Å². The van der Waals surface area contributed by atoms with Crippen LogP contribution < -0.4 is 0 Å². The quantitative estimate of drug-likeness (QED) is 0.504. The molecule has 6 heavy (non-hydrogen) atoms. The molecule has 0 saturated carbocycles. The van der Waals surface area contributed by atoms with Crippen LogP contribution in [-0.2, 0) is 30.5 Å². The van der Waals surface area contributed by atoms with Crippen molar-refractivity contribution >= 4 is 10.4 Å². The van der Waals surface area contributed by atoms with E-state index in [0.29, 0.717) is 0 Å². The van der Waals surface area contributed by atoms with Crippen LogP contribution in [0.15, 0.2) is 0 Å². The first kappa shape index (κ1) is 9.72. The molecule has 0 fully saturated rings. The van der Waals surface area contributed by atoms with Crippen molar-refractivity contribution in [3.63, 3.8) is 0 Å². The third-order valence-electron chi connectivity index (χ3n) is 0. The predicted octanol–water partition coefficient (Wildman–Crippen LogP) is -0.655. The van der Waals surface area contributed by atoms with E-state index in [1.165, 1.54) is 0 Å². The van der Waals surface area contributed by atoms with Crippen LogP contribution in [0.25, 0.3) is 0 Å². The van der Waals surface area contributed by atoms with Crippen molar-refractivity contribution < 1.29 is 37.6 Å². The molecule has 4 nitrogen and oxygen atoms in total. The summed E-state index contributed by atoms with van der Waals surface area (Å²) < 4.78 is 31.6. The molecule has 1 radical (unpaired) electrons. The summed E-state index contributed by atoms with van der Waals surface area (Å²) >= 11 is 0. The fourth-order valence-corrected chi connectivity index (χ4v) is 0. The van der Waals surface area contributed by atoms with Gasteiger partial charge in [-0.25, -0.2) is 0 Å². The largest absolute Gasteiger partial charge is 0.394 e. The van der Waals surface area contributed by atoms with E-state index >= 15 is 0 Å². The van der Waals surface area contributed by atoms with Crippen LogP contribution in [0.3, 0.4) is 0 Å². The van der Waals surface area contributed by atoms with Gasteiger partial charge in [-0.05, 0) is 0 Å². The molecule has 0 amide bonds. The molecule has 0 aromatic carbocycles. The molecular weight excluding hydrogens is 194 g/mol. The second-order valence-corrected chi connectivity index (χ2v) is 1.34. The van der Waals surface area contributed by atoms with Crippen molar-refractivity contribution in [3.8, 4) is 0 Å². The maximum absolute atomic E-state index is 8.74. The Morgan fingerprint density at radius 3 is 1.17 bits per heavy atom. The summed E-state index contributed by atoms with van der Waals surface area (Å²) in [4.78, 5) is 0. The molecule has 0 heterocycles. The van der Waals surface area contributed by atoms with Gasteiger partial charge in [0.25, 0.3) is 0 Å². The molecule has 0 aliphatic carbocycles. The average Bonchev–Trinajstić information content (AvgIpc) is 0.722. The molecule has 0 aliphatic rings. The Kier molecular flexibility index (Phi) is 4.30. The van der Waals surface area contributed by atoms with Gasteiger partial charge in [0.2, 0.25) is 0 Å². The molecule has 0 atom stereocenters. The maximum Gasteiger partial charge on any atom is 0.394 e. The van der Waals surface area contributed by atoms with Gasteiger partial charge in [0.15, 0.2) is 0 Å². The van der Waals surface area contributed by atoms with Gasteiger partial charge in [0.05, 0.1) is 0 Å². The average molecular weight is 196 g/mol. The molecule has 2 N–H and O–H groups in total. The van der Waals surface area contributed by atoms with Crippen LogP contribution in [0.2, 0.25) is 0 Å². The van der Waals surface area contributed by atoms with Crippen molar-refractivity contribution in [2.24, 2.45) is 0 Å². The van der Waals surface area contributed by atoms with Crippen molar-refractivity contribution in [1.29, 1.82) is 0 Å². The summed E-state index contributed by atoms with van der Waals surface area (Å²) in [6, 6.07) is 0. The van der Waals surface area contributed by atoms with Crippen molar-refractivity contribution in [2.75, 3.05) is 0 Å². The first-order chi connectivity index (χ1) is 2.00. The van der Waals surface area contributed by atoms with Crippen LogP contribution in [0.4, 0.5) is 0 Å². The van der Waals surface area contributed by atoms with E-state index in [4.69, 9.17) is 17.5 Å². The Morgan fingerprint density at radius 1 is 1.17 bits per heavy atom. The Labute approximate surface area is 48.5 Å². The number of rotatable bonds is 0. The Morgan fingerprint density at radius 2 is 1.17 bits per heavy atom. The monoisotopic (exact) mass is 195 g/mol. The summed E-state index contributed by atoms with van der Waals surface area (Å²) in [6.45, 7) is 0. The van der Waals surface area contributed by atoms with Crippen LogP contribution >= 0.6 is 0 Å². The summed E-state index contributed by atoms with van der Waals surface area (Å²) in [5, 5.41) is 0. The number of hydrogen-bond donors (Lipinski definition) is 2. The third-order valence-corrected chi connectivity index (χ3v) is 0. The van der Waals surface area contributed by atoms with Crippen LogP contribution in [-0.4, -0.2) is 17.5 Å². The second kappa shape index (κ2) is 2.65. The smallest absolute Gasteiger partial charge is 0.264 e. The van der Waals surface area contributed by atoms with E-state index in [-0.39, 0.29) is 20.1 Å². The van der Waals surface area contributed by atoms with E-state index in [2.05, 4.69) is 0 Å². The molecule has 39 valence electrons. The maximum atomic E-state index is 8.74. The van der Waals surface area contributed by atoms with Gasteiger partial charge in [-0.3, -0.25) is 9.11 Å². The van der Waals surface area contributed by atoms with Gasteiger partial charge in [0.1, 0.15) is 0 Å². The summed E-state index contributed by atoms with van der Waals surface area (Å²) in [5.41, 5.74) is 0. The predicted molar refractivity (Wildman–Crippen MR) is 14.2 cm³/mol. The third kappa shape index (κ3) is 208. The summed E-state index contributed by atoms with van der Waals surface area (Å²) in [7, 11) is -4.67. The zero-order valence-electron chi connectivity index (χ0n) is 2.50. The Balaban J connectivity index is 0. The standard InChI is InChI=1S/H2O4S.Tc/c1-5(2,3)4;/h(H2,1,2,3,4);. The van der Waals surface area contributed by atoms with Crippen molar-refractivity contribution in [2.45, 2.75) is 0 Å². The fraction of sp³-hybridized carbons (Fsp3) is 0. The Bertz CT molecular complexity index is 90.7. The van der Waals surface area contributed by atoms with Crippen LogP contribution in [0.1, 0.15) is 0 Å². The zero-order valence-corrected chi connectivity index (χ0v) is 5.17. The SMILES string of the molecule is O=S(=O)(O)O.[Tc]. The van der Waals surface area contributed by atoms with Gasteiger partial charge < -0.3 is 0 Å². The number of hydrogen-bond acceptors (Lipinski definition) is 2. The van der Waals surface area contributed by atoms with E-state index in [1.807, 2.05) is 0 Å². The van der Waals surface area contributed by atoms with E-state index in [9.17, 15) is 0 Å². The molecule has 0 aliphatic heterocycles. The van der Waals surface area contributed by atoms with Crippen molar-refractivity contribution in [1.82, 2.24) is 0 Å². The minimum absolute atomic E-state index is 0. The molecule has 0 aromatic heterocycles. The topological polar surface area (TPSA) is 74.6 Å². The first-order valence-electron chi connectivity index (χ1n) is 0.698. The molecule has 0 saturated heterocycles. The second-order valence-electron chi connectivity index (χ2n) is 0.448. The molecular formula is H2O4STc. The van der Waals surface area contributed by atoms with Gasteiger partial charge in [-0.15, -0.1) is 0 Å².